The molecule has 4 atom stereocenters. The van der Waals surface area contributed by atoms with Crippen LogP contribution in [0, 0.1) is 11.3 Å². The molecule has 10 nitrogen and oxygen atoms in total. The fourth-order valence-corrected chi connectivity index (χ4v) is 10.7. The lowest BCUT2D eigenvalue weighted by Gasteiger charge is -2.55. The Labute approximate surface area is 326 Å². The van der Waals surface area contributed by atoms with Gasteiger partial charge in [-0.15, -0.1) is 12.4 Å². The van der Waals surface area contributed by atoms with Crippen molar-refractivity contribution in [2.45, 2.75) is 108 Å². The second-order valence-electron chi connectivity index (χ2n) is 16.5. The molecule has 4 heterocycles. The van der Waals surface area contributed by atoms with Gasteiger partial charge in [0.1, 0.15) is 12.1 Å². The van der Waals surface area contributed by atoms with Gasteiger partial charge in [-0.3, -0.25) is 19.3 Å². The van der Waals surface area contributed by atoms with E-state index >= 15 is 0 Å². The van der Waals surface area contributed by atoms with Crippen molar-refractivity contribution in [3.63, 3.8) is 0 Å². The van der Waals surface area contributed by atoms with Gasteiger partial charge in [-0.25, -0.2) is 0 Å². The number of carbonyl (C=O) groups is 3. The first-order chi connectivity index (χ1) is 25.3. The van der Waals surface area contributed by atoms with Crippen molar-refractivity contribution in [3.8, 4) is 0 Å². The third-order valence-corrected chi connectivity index (χ3v) is 14.2. The summed E-state index contributed by atoms with van der Waals surface area (Å²) in [5.74, 6) is 1.23. The fourth-order valence-electron chi connectivity index (χ4n) is 9.51. The first-order valence-corrected chi connectivity index (χ1v) is 21.2. The van der Waals surface area contributed by atoms with Crippen LogP contribution in [0.1, 0.15) is 93.8 Å². The molecule has 5 fully saturated rings. The van der Waals surface area contributed by atoms with Crippen LogP contribution in [0.5, 0.6) is 0 Å². The van der Waals surface area contributed by atoms with Crippen LogP contribution in [-0.2, 0) is 9.59 Å². The molecule has 53 heavy (non-hydrogen) atoms. The molecule has 0 unspecified atom stereocenters. The zero-order valence-corrected chi connectivity index (χ0v) is 32.8. The summed E-state index contributed by atoms with van der Waals surface area (Å²) in [7, 11) is -1.69. The molecule has 1 aliphatic carbocycles. The van der Waals surface area contributed by atoms with Crippen molar-refractivity contribution in [2.24, 2.45) is 11.3 Å². The third-order valence-electron chi connectivity index (χ3n) is 12.5. The van der Waals surface area contributed by atoms with Crippen LogP contribution in [-0.4, -0.2) is 124 Å². The van der Waals surface area contributed by atoms with Gasteiger partial charge in [0.05, 0.1) is 5.94 Å². The summed E-state index contributed by atoms with van der Waals surface area (Å²) in [5.41, 5.74) is 1.06. The predicted molar refractivity (Wildman–Crippen MR) is 215 cm³/mol. The molecule has 4 N–H and O–H groups in total. The number of piperidine rings is 1. The summed E-state index contributed by atoms with van der Waals surface area (Å²) in [6.07, 6.45) is 12.1. The van der Waals surface area contributed by atoms with Gasteiger partial charge >= 0.3 is 7.12 Å². The Morgan fingerprint density at radius 2 is 1.62 bits per heavy atom. The first-order valence-electron chi connectivity index (χ1n) is 20.1. The zero-order valence-electron chi connectivity index (χ0n) is 31.1. The second kappa shape index (κ2) is 18.5. The first kappa shape index (κ1) is 40.3. The SMILES string of the molecule is Cl.O=C(N[C@H](CC1CCCCC1)C(=O)N1C[C@H](N2CCCCC2)C[C@H]1C(=O)N[C@@H](CCCCN1CC2(CSC2)C1)B(O)O)c1ccc2ccccc2c1. The maximum absolute atomic E-state index is 14.7. The summed E-state index contributed by atoms with van der Waals surface area (Å²) >= 11 is 2.03. The number of hydrogen-bond acceptors (Lipinski definition) is 8. The molecule has 2 aromatic carbocycles. The lowest BCUT2D eigenvalue weighted by molar-refractivity contribution is -0.140. The molecular weight excluding hydrogens is 709 g/mol. The number of hydrogen-bond donors (Lipinski definition) is 4. The molecule has 290 valence electrons. The number of nitrogens with one attached hydrogen (secondary N) is 2. The summed E-state index contributed by atoms with van der Waals surface area (Å²) in [6, 6.07) is 12.1. The van der Waals surface area contributed by atoms with Crippen LogP contribution in [0.3, 0.4) is 0 Å². The van der Waals surface area contributed by atoms with E-state index in [0.29, 0.717) is 42.7 Å². The van der Waals surface area contributed by atoms with Gasteiger partial charge in [0, 0.05) is 48.2 Å². The highest BCUT2D eigenvalue weighted by molar-refractivity contribution is 8.00. The van der Waals surface area contributed by atoms with Gasteiger partial charge < -0.3 is 30.5 Å². The summed E-state index contributed by atoms with van der Waals surface area (Å²) in [6.45, 7) is 5.63. The smallest absolute Gasteiger partial charge is 0.426 e. The fraction of sp³-hybridized carbons (Fsp3) is 0.675. The Hall–Kier alpha value is -2.35. The highest BCUT2D eigenvalue weighted by Crippen LogP contribution is 2.45. The molecule has 4 aliphatic heterocycles. The Balaban J connectivity index is 0.00000481. The van der Waals surface area contributed by atoms with Crippen molar-refractivity contribution in [1.29, 1.82) is 0 Å². The van der Waals surface area contributed by atoms with Gasteiger partial charge in [0.25, 0.3) is 5.91 Å². The Morgan fingerprint density at radius 1 is 0.906 bits per heavy atom. The molecule has 3 amide bonds. The van der Waals surface area contributed by atoms with E-state index in [1.807, 2.05) is 54.2 Å². The lowest BCUT2D eigenvalue weighted by atomic mass is 9.76. The number of amides is 3. The highest BCUT2D eigenvalue weighted by atomic mass is 35.5. The monoisotopic (exact) mass is 767 g/mol. The summed E-state index contributed by atoms with van der Waals surface area (Å²) in [4.78, 5) is 49.3. The van der Waals surface area contributed by atoms with E-state index in [4.69, 9.17) is 0 Å². The number of halogens is 1. The minimum atomic E-state index is -1.69. The van der Waals surface area contributed by atoms with Gasteiger partial charge in [0.2, 0.25) is 11.8 Å². The number of fused-ring (bicyclic) bond motifs is 1. The predicted octanol–water partition coefficient (Wildman–Crippen LogP) is 4.50. The number of nitrogens with zero attached hydrogens (tertiary/aromatic N) is 3. The zero-order chi connectivity index (χ0) is 36.1. The topological polar surface area (TPSA) is 125 Å². The highest BCUT2D eigenvalue weighted by Gasteiger charge is 2.48. The average Bonchev–Trinajstić information content (AvgIpc) is 3.58. The largest absolute Gasteiger partial charge is 0.475 e. The molecule has 5 aliphatic rings. The molecular formula is C40H59BClN5O5S. The third kappa shape index (κ3) is 9.91. The number of rotatable bonds is 14. The molecule has 1 spiro atoms. The van der Waals surface area contributed by atoms with Crippen molar-refractivity contribution in [3.05, 3.63) is 48.0 Å². The molecule has 13 heteroatoms. The van der Waals surface area contributed by atoms with E-state index in [0.717, 1.165) is 94.9 Å². The van der Waals surface area contributed by atoms with Crippen molar-refractivity contribution >= 4 is 59.8 Å². The summed E-state index contributed by atoms with van der Waals surface area (Å²) < 4.78 is 0. The van der Waals surface area contributed by atoms with E-state index in [1.54, 1.807) is 4.90 Å². The van der Waals surface area contributed by atoms with E-state index < -0.39 is 25.1 Å². The molecule has 2 aromatic rings. The molecule has 7 rings (SSSR count). The number of likely N-dealkylation sites (tertiary alicyclic amines) is 3. The van der Waals surface area contributed by atoms with E-state index in [1.165, 1.54) is 24.3 Å². The Morgan fingerprint density at radius 3 is 2.32 bits per heavy atom. The van der Waals surface area contributed by atoms with Crippen LogP contribution in [0.2, 0.25) is 0 Å². The molecule has 1 saturated carbocycles. The second-order valence-corrected chi connectivity index (χ2v) is 17.5. The van der Waals surface area contributed by atoms with Crippen LogP contribution < -0.4 is 10.6 Å². The standard InChI is InChI=1S/C40H58BN5O5S.ClH/c47-37(32-17-16-30-13-5-6-14-31(30)22-32)42-34(21-29-11-3-1-4-12-29)39(49)46-24-33(45-19-8-2-9-20-45)23-35(46)38(48)43-36(41(50)51)15-7-10-18-44-25-40(26-44)27-52-28-40;/h5-6,13-14,16-17,22,29,33-36,50-51H,1-4,7-12,15,18-21,23-28H2,(H,42,47)(H,43,48);1H/t33-,34-,35+,36+;/m1./s1. The maximum Gasteiger partial charge on any atom is 0.475 e. The van der Waals surface area contributed by atoms with Crippen molar-refractivity contribution in [1.82, 2.24) is 25.3 Å². The Bertz CT molecular complexity index is 1550. The van der Waals surface area contributed by atoms with Gasteiger partial charge in [0.15, 0.2) is 0 Å². The number of carbonyl (C=O) groups excluding carboxylic acids is 3. The van der Waals surface area contributed by atoms with Crippen LogP contribution in [0.25, 0.3) is 10.8 Å². The minimum absolute atomic E-state index is 0. The van der Waals surface area contributed by atoms with E-state index in [-0.39, 0.29) is 36.2 Å². The van der Waals surface area contributed by atoms with Crippen LogP contribution in [0.15, 0.2) is 42.5 Å². The number of thioether (sulfide) groups is 1. The number of benzene rings is 2. The maximum atomic E-state index is 14.7. The molecule has 0 radical (unpaired) electrons. The van der Waals surface area contributed by atoms with Crippen LogP contribution in [0.4, 0.5) is 0 Å². The number of unbranched alkanes of at least 4 members (excludes halogenated alkanes) is 1. The summed E-state index contributed by atoms with van der Waals surface area (Å²) in [5, 5.41) is 28.8. The van der Waals surface area contributed by atoms with E-state index in [2.05, 4.69) is 20.4 Å². The molecule has 0 bridgehead atoms. The van der Waals surface area contributed by atoms with E-state index in [9.17, 15) is 24.4 Å². The van der Waals surface area contributed by atoms with Crippen molar-refractivity contribution in [2.75, 3.05) is 50.8 Å². The van der Waals surface area contributed by atoms with Gasteiger partial charge in [-0.1, -0.05) is 75.3 Å². The van der Waals surface area contributed by atoms with Crippen LogP contribution >= 0.6 is 24.2 Å². The Kier molecular flexibility index (Phi) is 14.1. The normalized spacial score (nSPS) is 24.5. The lowest BCUT2D eigenvalue weighted by Crippen LogP contribution is -2.62. The van der Waals surface area contributed by atoms with Gasteiger partial charge in [-0.2, -0.15) is 11.8 Å². The molecule has 0 aromatic heterocycles. The molecule has 4 saturated heterocycles. The quantitative estimate of drug-likeness (QED) is 0.164. The minimum Gasteiger partial charge on any atom is -0.426 e. The van der Waals surface area contributed by atoms with Gasteiger partial charge in [-0.05, 0) is 87.0 Å². The van der Waals surface area contributed by atoms with Crippen molar-refractivity contribution < 1.29 is 24.4 Å². The average molecular weight is 768 g/mol.